The Labute approximate surface area is 145 Å². The zero-order chi connectivity index (χ0) is 17.4. The molecule has 132 valence electrons. The molecule has 0 atom stereocenters. The molecular formula is C19H31N5. The van der Waals surface area contributed by atoms with Crippen molar-refractivity contribution in [2.75, 3.05) is 20.1 Å². The van der Waals surface area contributed by atoms with Gasteiger partial charge in [-0.05, 0) is 30.9 Å². The van der Waals surface area contributed by atoms with Crippen LogP contribution in [-0.2, 0) is 6.42 Å². The summed E-state index contributed by atoms with van der Waals surface area (Å²) in [5.74, 6) is 1.66. The van der Waals surface area contributed by atoms with Gasteiger partial charge < -0.3 is 15.0 Å². The van der Waals surface area contributed by atoms with E-state index in [0.717, 1.165) is 42.7 Å². The third-order valence-electron chi connectivity index (χ3n) is 4.13. The summed E-state index contributed by atoms with van der Waals surface area (Å²) in [5.41, 5.74) is 3.35. The number of hydrogen-bond acceptors (Lipinski definition) is 2. The number of nitrogens with one attached hydrogen (secondary N) is 2. The molecule has 5 nitrogen and oxygen atoms in total. The van der Waals surface area contributed by atoms with E-state index in [0.29, 0.717) is 0 Å². The van der Waals surface area contributed by atoms with Crippen LogP contribution in [0.2, 0.25) is 0 Å². The monoisotopic (exact) mass is 329 g/mol. The van der Waals surface area contributed by atoms with Crippen molar-refractivity contribution >= 4 is 11.6 Å². The molecule has 0 bridgehead atoms. The number of pyridine rings is 1. The Morgan fingerprint density at radius 3 is 2.75 bits per heavy atom. The number of aliphatic imine (C=N–C) groups is 1. The predicted molar refractivity (Wildman–Crippen MR) is 102 cm³/mol. The van der Waals surface area contributed by atoms with Crippen molar-refractivity contribution in [2.24, 2.45) is 10.9 Å². The maximum Gasteiger partial charge on any atom is 0.190 e. The van der Waals surface area contributed by atoms with E-state index in [2.05, 4.69) is 59.1 Å². The van der Waals surface area contributed by atoms with Gasteiger partial charge in [0, 0.05) is 39.0 Å². The van der Waals surface area contributed by atoms with Crippen LogP contribution in [0.3, 0.4) is 0 Å². The molecule has 0 amide bonds. The molecular weight excluding hydrogens is 298 g/mol. The van der Waals surface area contributed by atoms with Gasteiger partial charge >= 0.3 is 0 Å². The molecule has 0 saturated heterocycles. The molecule has 5 heteroatoms. The van der Waals surface area contributed by atoms with Crippen LogP contribution in [0.15, 0.2) is 29.5 Å². The van der Waals surface area contributed by atoms with E-state index < -0.39 is 0 Å². The van der Waals surface area contributed by atoms with Crippen LogP contribution in [0.1, 0.15) is 44.4 Å². The molecule has 2 aromatic rings. The number of imidazole rings is 1. The molecule has 0 unspecified atom stereocenters. The molecule has 0 saturated carbocycles. The number of guanidine groups is 1. The van der Waals surface area contributed by atoms with E-state index in [4.69, 9.17) is 4.98 Å². The van der Waals surface area contributed by atoms with Crippen molar-refractivity contribution in [3.8, 4) is 0 Å². The van der Waals surface area contributed by atoms with E-state index in [-0.39, 0.29) is 0 Å². The molecule has 24 heavy (non-hydrogen) atoms. The Morgan fingerprint density at radius 1 is 1.25 bits per heavy atom. The fraction of sp³-hybridized carbons (Fsp3) is 0.579. The summed E-state index contributed by atoms with van der Waals surface area (Å²) in [6.45, 7) is 8.44. The van der Waals surface area contributed by atoms with Gasteiger partial charge in [-0.1, -0.05) is 32.8 Å². The van der Waals surface area contributed by atoms with E-state index >= 15 is 0 Å². The summed E-state index contributed by atoms with van der Waals surface area (Å²) in [5, 5.41) is 6.74. The first kappa shape index (κ1) is 18.3. The number of rotatable bonds is 8. The predicted octanol–water partition coefficient (Wildman–Crippen LogP) is 3.18. The summed E-state index contributed by atoms with van der Waals surface area (Å²) in [6.07, 6.45) is 8.78. The third kappa shape index (κ3) is 5.55. The third-order valence-corrected chi connectivity index (χ3v) is 4.13. The molecule has 0 radical (unpaired) electrons. The van der Waals surface area contributed by atoms with Crippen molar-refractivity contribution < 1.29 is 0 Å². The summed E-state index contributed by atoms with van der Waals surface area (Å²) in [6, 6.07) is 4.15. The number of hydrogen-bond donors (Lipinski definition) is 2. The fourth-order valence-corrected chi connectivity index (χ4v) is 2.74. The average molecular weight is 329 g/mol. The molecule has 0 fully saturated rings. The van der Waals surface area contributed by atoms with Crippen LogP contribution in [0, 0.1) is 12.8 Å². The van der Waals surface area contributed by atoms with E-state index in [9.17, 15) is 0 Å². The SMILES string of the molecule is CN=C(NCCCCC(C)C)NCCc1cn2cccc(C)c2n1. The Morgan fingerprint density at radius 2 is 2.04 bits per heavy atom. The molecule has 0 spiro atoms. The molecule has 2 heterocycles. The lowest BCUT2D eigenvalue weighted by Gasteiger charge is -2.11. The highest BCUT2D eigenvalue weighted by Gasteiger charge is 2.04. The minimum Gasteiger partial charge on any atom is -0.356 e. The lowest BCUT2D eigenvalue weighted by molar-refractivity contribution is 0.534. The highest BCUT2D eigenvalue weighted by atomic mass is 15.2. The van der Waals surface area contributed by atoms with Crippen molar-refractivity contribution in [3.63, 3.8) is 0 Å². The highest BCUT2D eigenvalue weighted by molar-refractivity contribution is 5.79. The van der Waals surface area contributed by atoms with Crippen LogP contribution in [0.25, 0.3) is 5.65 Å². The zero-order valence-corrected chi connectivity index (χ0v) is 15.5. The summed E-state index contributed by atoms with van der Waals surface area (Å²) >= 11 is 0. The molecule has 2 rings (SSSR count). The molecule has 2 N–H and O–H groups in total. The second kappa shape index (κ2) is 9.30. The molecule has 0 aliphatic rings. The van der Waals surface area contributed by atoms with Gasteiger partial charge in [0.2, 0.25) is 0 Å². The minimum absolute atomic E-state index is 0.788. The standard InChI is InChI=1S/C19H31N5/c1-15(2)8-5-6-11-21-19(20-4)22-12-10-17-14-24-13-7-9-16(3)18(24)23-17/h7,9,13-15H,5-6,8,10-12H2,1-4H3,(H2,20,21,22). The second-order valence-corrected chi connectivity index (χ2v) is 6.72. The van der Waals surface area contributed by atoms with E-state index in [1.165, 1.54) is 24.8 Å². The number of aromatic nitrogens is 2. The van der Waals surface area contributed by atoms with Crippen LogP contribution in [0.4, 0.5) is 0 Å². The smallest absolute Gasteiger partial charge is 0.190 e. The van der Waals surface area contributed by atoms with Gasteiger partial charge in [-0.25, -0.2) is 4.98 Å². The lowest BCUT2D eigenvalue weighted by atomic mass is 10.1. The van der Waals surface area contributed by atoms with Crippen LogP contribution in [0.5, 0.6) is 0 Å². The minimum atomic E-state index is 0.788. The van der Waals surface area contributed by atoms with Gasteiger partial charge in [0.15, 0.2) is 5.96 Å². The number of unbranched alkanes of at least 4 members (excludes halogenated alkanes) is 1. The van der Waals surface area contributed by atoms with E-state index in [1.807, 2.05) is 13.2 Å². The van der Waals surface area contributed by atoms with Crippen molar-refractivity contribution in [1.29, 1.82) is 0 Å². The van der Waals surface area contributed by atoms with Crippen molar-refractivity contribution in [1.82, 2.24) is 20.0 Å². The summed E-state index contributed by atoms with van der Waals surface area (Å²) in [7, 11) is 1.82. The maximum atomic E-state index is 4.70. The zero-order valence-electron chi connectivity index (χ0n) is 15.5. The van der Waals surface area contributed by atoms with Crippen LogP contribution in [-0.4, -0.2) is 35.5 Å². The first-order valence-electron chi connectivity index (χ1n) is 8.98. The van der Waals surface area contributed by atoms with Gasteiger partial charge in [-0.2, -0.15) is 0 Å². The van der Waals surface area contributed by atoms with E-state index in [1.54, 1.807) is 0 Å². The normalized spacial score (nSPS) is 12.1. The highest BCUT2D eigenvalue weighted by Crippen LogP contribution is 2.10. The molecule has 2 aromatic heterocycles. The van der Waals surface area contributed by atoms with Gasteiger partial charge in [0.1, 0.15) is 5.65 Å². The topological polar surface area (TPSA) is 53.7 Å². The van der Waals surface area contributed by atoms with Gasteiger partial charge in [-0.3, -0.25) is 4.99 Å². The maximum absolute atomic E-state index is 4.70. The number of aryl methyl sites for hydroxylation is 1. The van der Waals surface area contributed by atoms with Crippen LogP contribution >= 0.6 is 0 Å². The van der Waals surface area contributed by atoms with Gasteiger partial charge in [0.05, 0.1) is 5.69 Å². The van der Waals surface area contributed by atoms with Gasteiger partial charge in [-0.15, -0.1) is 0 Å². The molecule has 0 aliphatic heterocycles. The Bertz CT molecular complexity index is 657. The average Bonchev–Trinajstić information content (AvgIpc) is 2.97. The van der Waals surface area contributed by atoms with Crippen LogP contribution < -0.4 is 10.6 Å². The second-order valence-electron chi connectivity index (χ2n) is 6.72. The first-order chi connectivity index (χ1) is 11.6. The molecule has 0 aromatic carbocycles. The first-order valence-corrected chi connectivity index (χ1v) is 8.98. The fourth-order valence-electron chi connectivity index (χ4n) is 2.74. The lowest BCUT2D eigenvalue weighted by Crippen LogP contribution is -2.38. The number of nitrogens with zero attached hydrogens (tertiary/aromatic N) is 3. The Balaban J connectivity index is 1.72. The Kier molecular flexibility index (Phi) is 7.09. The largest absolute Gasteiger partial charge is 0.356 e. The Hall–Kier alpha value is -2.04. The summed E-state index contributed by atoms with van der Waals surface area (Å²) in [4.78, 5) is 8.98. The van der Waals surface area contributed by atoms with Gasteiger partial charge in [0.25, 0.3) is 0 Å². The summed E-state index contributed by atoms with van der Waals surface area (Å²) < 4.78 is 2.09. The van der Waals surface area contributed by atoms with Crippen molar-refractivity contribution in [2.45, 2.75) is 46.5 Å². The number of fused-ring (bicyclic) bond motifs is 1. The van der Waals surface area contributed by atoms with Crippen molar-refractivity contribution in [3.05, 3.63) is 35.8 Å². The quantitative estimate of drug-likeness (QED) is 0.444. The molecule has 0 aliphatic carbocycles.